The summed E-state index contributed by atoms with van der Waals surface area (Å²) in [5.41, 5.74) is 10.1. The van der Waals surface area contributed by atoms with Crippen molar-refractivity contribution in [1.29, 1.82) is 0 Å². The molecular formula is C21H26N4O. The van der Waals surface area contributed by atoms with E-state index >= 15 is 0 Å². The second-order valence-electron chi connectivity index (χ2n) is 7.83. The summed E-state index contributed by atoms with van der Waals surface area (Å²) in [7, 11) is 0. The van der Waals surface area contributed by atoms with Crippen molar-refractivity contribution in [3.63, 3.8) is 0 Å². The molecule has 0 radical (unpaired) electrons. The lowest BCUT2D eigenvalue weighted by Crippen LogP contribution is -2.27. The standard InChI is InChI=1S/C21H26N4O/c1-6-15(20(26)21(3,4)5)16-11-14(8-7-13(16)2)17-12-25-19(23-17)10-9-18(22)24-25/h7-12,15H,6H2,1-5H3,(H2,22,24). The Morgan fingerprint density at radius 1 is 1.23 bits per heavy atom. The number of hydrogen-bond donors (Lipinski definition) is 1. The molecule has 3 rings (SSSR count). The van der Waals surface area contributed by atoms with Gasteiger partial charge in [0.1, 0.15) is 11.6 Å². The Morgan fingerprint density at radius 3 is 2.62 bits per heavy atom. The largest absolute Gasteiger partial charge is 0.382 e. The van der Waals surface area contributed by atoms with E-state index in [9.17, 15) is 4.79 Å². The molecule has 5 nitrogen and oxygen atoms in total. The molecule has 2 N–H and O–H groups in total. The van der Waals surface area contributed by atoms with Crippen molar-refractivity contribution < 1.29 is 4.79 Å². The summed E-state index contributed by atoms with van der Waals surface area (Å²) < 4.78 is 1.68. The topological polar surface area (TPSA) is 73.3 Å². The van der Waals surface area contributed by atoms with E-state index in [-0.39, 0.29) is 17.1 Å². The van der Waals surface area contributed by atoms with E-state index < -0.39 is 0 Å². The molecule has 0 bridgehead atoms. The average Bonchev–Trinajstić information content (AvgIpc) is 2.99. The maximum atomic E-state index is 12.9. The highest BCUT2D eigenvalue weighted by molar-refractivity contribution is 5.90. The fourth-order valence-electron chi connectivity index (χ4n) is 3.28. The number of nitrogens with two attached hydrogens (primary N) is 1. The molecule has 1 unspecified atom stereocenters. The molecule has 26 heavy (non-hydrogen) atoms. The Labute approximate surface area is 154 Å². The van der Waals surface area contributed by atoms with Gasteiger partial charge in [-0.3, -0.25) is 4.79 Å². The molecule has 0 aliphatic rings. The normalized spacial score (nSPS) is 13.1. The van der Waals surface area contributed by atoms with Crippen LogP contribution in [0.25, 0.3) is 16.9 Å². The Morgan fingerprint density at radius 2 is 1.96 bits per heavy atom. The van der Waals surface area contributed by atoms with Crippen molar-refractivity contribution in [2.75, 3.05) is 5.73 Å². The zero-order chi connectivity index (χ0) is 19.1. The predicted octanol–water partition coefficient (Wildman–Crippen LogP) is 4.40. The SMILES string of the molecule is CCC(C(=O)C(C)(C)C)c1cc(-c2cn3nc(N)ccc3n2)ccc1C. The number of benzene rings is 1. The second-order valence-corrected chi connectivity index (χ2v) is 7.83. The number of Topliss-reactive ketones (excluding diaryl/α,β-unsaturated/α-hetero) is 1. The van der Waals surface area contributed by atoms with E-state index in [0.717, 1.165) is 34.5 Å². The van der Waals surface area contributed by atoms with Crippen molar-refractivity contribution in [3.05, 3.63) is 47.7 Å². The fourth-order valence-corrected chi connectivity index (χ4v) is 3.28. The number of carbonyl (C=O) groups excluding carboxylic acids is 1. The van der Waals surface area contributed by atoms with Crippen LogP contribution in [0.15, 0.2) is 36.5 Å². The lowest BCUT2D eigenvalue weighted by atomic mass is 9.77. The van der Waals surface area contributed by atoms with Crippen LogP contribution in [0.3, 0.4) is 0 Å². The lowest BCUT2D eigenvalue weighted by molar-refractivity contribution is -0.127. The third-order valence-corrected chi connectivity index (χ3v) is 4.76. The molecule has 0 aliphatic carbocycles. The molecule has 0 aliphatic heterocycles. The van der Waals surface area contributed by atoms with Crippen molar-refractivity contribution >= 4 is 17.2 Å². The highest BCUT2D eigenvalue weighted by atomic mass is 16.1. The van der Waals surface area contributed by atoms with Crippen molar-refractivity contribution in [3.8, 4) is 11.3 Å². The van der Waals surface area contributed by atoms with E-state index in [0.29, 0.717) is 5.82 Å². The first kappa shape index (κ1) is 18.1. The fraction of sp³-hybridized carbons (Fsp3) is 0.381. The summed E-state index contributed by atoms with van der Waals surface area (Å²) in [5.74, 6) is 0.610. The van der Waals surface area contributed by atoms with Crippen molar-refractivity contribution in [2.45, 2.75) is 47.0 Å². The number of fused-ring (bicyclic) bond motifs is 1. The maximum Gasteiger partial charge on any atom is 0.154 e. The van der Waals surface area contributed by atoms with Crippen LogP contribution in [0.4, 0.5) is 5.82 Å². The first-order chi connectivity index (χ1) is 12.2. The van der Waals surface area contributed by atoms with E-state index in [1.165, 1.54) is 0 Å². The lowest BCUT2D eigenvalue weighted by Gasteiger charge is -2.25. The highest BCUT2D eigenvalue weighted by Gasteiger charge is 2.30. The monoisotopic (exact) mass is 350 g/mol. The zero-order valence-corrected chi connectivity index (χ0v) is 16.1. The van der Waals surface area contributed by atoms with Gasteiger partial charge in [0, 0.05) is 16.9 Å². The number of ketones is 1. The maximum absolute atomic E-state index is 12.9. The van der Waals surface area contributed by atoms with Gasteiger partial charge in [0.2, 0.25) is 0 Å². The third-order valence-electron chi connectivity index (χ3n) is 4.76. The van der Waals surface area contributed by atoms with E-state index in [2.05, 4.69) is 36.1 Å². The minimum Gasteiger partial charge on any atom is -0.382 e. The Hall–Kier alpha value is -2.69. The van der Waals surface area contributed by atoms with E-state index in [1.807, 2.05) is 39.1 Å². The third kappa shape index (κ3) is 3.34. The zero-order valence-electron chi connectivity index (χ0n) is 16.1. The van der Waals surface area contributed by atoms with E-state index in [1.54, 1.807) is 10.6 Å². The molecule has 2 aromatic heterocycles. The van der Waals surface area contributed by atoms with Gasteiger partial charge in [-0.05, 0) is 42.7 Å². The smallest absolute Gasteiger partial charge is 0.154 e. The average molecular weight is 350 g/mol. The quantitative estimate of drug-likeness (QED) is 0.757. The molecule has 3 aromatic rings. The number of aromatic nitrogens is 3. The summed E-state index contributed by atoms with van der Waals surface area (Å²) in [6.45, 7) is 10.1. The Balaban J connectivity index is 2.07. The van der Waals surface area contributed by atoms with Gasteiger partial charge in [-0.25, -0.2) is 9.50 Å². The van der Waals surface area contributed by atoms with Crippen LogP contribution in [0.2, 0.25) is 0 Å². The molecule has 2 heterocycles. The number of rotatable bonds is 4. The van der Waals surface area contributed by atoms with Crippen LogP contribution in [0, 0.1) is 12.3 Å². The first-order valence-electron chi connectivity index (χ1n) is 8.98. The van der Waals surface area contributed by atoms with Crippen molar-refractivity contribution in [2.24, 2.45) is 5.41 Å². The minimum atomic E-state index is -0.367. The molecule has 1 aromatic carbocycles. The summed E-state index contributed by atoms with van der Waals surface area (Å²) in [4.78, 5) is 17.6. The van der Waals surface area contributed by atoms with Crippen LogP contribution in [-0.4, -0.2) is 20.4 Å². The van der Waals surface area contributed by atoms with Gasteiger partial charge in [0.25, 0.3) is 0 Å². The van der Waals surface area contributed by atoms with Gasteiger partial charge in [0.15, 0.2) is 5.65 Å². The molecule has 136 valence electrons. The minimum absolute atomic E-state index is 0.110. The van der Waals surface area contributed by atoms with Crippen LogP contribution in [0.5, 0.6) is 0 Å². The second kappa shape index (κ2) is 6.56. The molecule has 0 amide bonds. The summed E-state index contributed by atoms with van der Waals surface area (Å²) in [5, 5.41) is 4.25. The van der Waals surface area contributed by atoms with Crippen LogP contribution >= 0.6 is 0 Å². The number of imidazole rings is 1. The van der Waals surface area contributed by atoms with E-state index in [4.69, 9.17) is 5.73 Å². The predicted molar refractivity (Wildman–Crippen MR) is 105 cm³/mol. The van der Waals surface area contributed by atoms with Crippen LogP contribution in [-0.2, 0) is 4.79 Å². The Bertz CT molecular complexity index is 966. The van der Waals surface area contributed by atoms with Gasteiger partial charge in [-0.15, -0.1) is 5.10 Å². The number of nitrogen functional groups attached to an aromatic ring is 1. The number of carbonyl (C=O) groups is 1. The number of hydrogen-bond acceptors (Lipinski definition) is 4. The molecule has 0 spiro atoms. The molecule has 0 fully saturated rings. The highest BCUT2D eigenvalue weighted by Crippen LogP contribution is 2.34. The molecule has 5 heteroatoms. The Kier molecular flexibility index (Phi) is 4.57. The molecule has 1 atom stereocenters. The molecular weight excluding hydrogens is 324 g/mol. The van der Waals surface area contributed by atoms with Crippen LogP contribution < -0.4 is 5.73 Å². The summed E-state index contributed by atoms with van der Waals surface area (Å²) in [6, 6.07) is 9.78. The number of anilines is 1. The van der Waals surface area contributed by atoms with Gasteiger partial charge >= 0.3 is 0 Å². The van der Waals surface area contributed by atoms with Crippen LogP contribution in [0.1, 0.15) is 51.2 Å². The van der Waals surface area contributed by atoms with Gasteiger partial charge in [-0.1, -0.05) is 39.8 Å². The van der Waals surface area contributed by atoms with Gasteiger partial charge < -0.3 is 5.73 Å². The van der Waals surface area contributed by atoms with Gasteiger partial charge in [-0.2, -0.15) is 0 Å². The van der Waals surface area contributed by atoms with Gasteiger partial charge in [0.05, 0.1) is 11.9 Å². The summed E-state index contributed by atoms with van der Waals surface area (Å²) >= 11 is 0. The van der Waals surface area contributed by atoms with Crippen molar-refractivity contribution in [1.82, 2.24) is 14.6 Å². The summed E-state index contributed by atoms with van der Waals surface area (Å²) in [6.07, 6.45) is 2.65. The molecule has 0 saturated heterocycles. The molecule has 0 saturated carbocycles. The number of aryl methyl sites for hydroxylation is 1. The first-order valence-corrected chi connectivity index (χ1v) is 8.98. The number of nitrogens with zero attached hydrogens (tertiary/aromatic N) is 3.